The number of nitrogens with one attached hydrogen (secondary N) is 1. The van der Waals surface area contributed by atoms with E-state index >= 15 is 0 Å². The number of para-hydroxylation sites is 2. The molecule has 0 aliphatic carbocycles. The van der Waals surface area contributed by atoms with Crippen LogP contribution in [-0.2, 0) is 0 Å². The first-order valence-electron chi connectivity index (χ1n) is 8.84. The fourth-order valence-corrected chi connectivity index (χ4v) is 3.12. The van der Waals surface area contributed by atoms with Gasteiger partial charge in [-0.15, -0.1) is 0 Å². The summed E-state index contributed by atoms with van der Waals surface area (Å²) in [4.78, 5) is 15.4. The number of ether oxygens (including phenoxy) is 1. The summed E-state index contributed by atoms with van der Waals surface area (Å²) in [6.07, 6.45) is 3.73. The van der Waals surface area contributed by atoms with Gasteiger partial charge in [0, 0.05) is 12.2 Å². The van der Waals surface area contributed by atoms with Crippen molar-refractivity contribution in [2.24, 2.45) is 0 Å². The van der Waals surface area contributed by atoms with Crippen LogP contribution in [0.1, 0.15) is 12.8 Å². The number of benzene rings is 2. The third-order valence-corrected chi connectivity index (χ3v) is 4.41. The van der Waals surface area contributed by atoms with Gasteiger partial charge in [-0.05, 0) is 37.1 Å². The Balaban J connectivity index is 1.44. The molecule has 6 nitrogen and oxygen atoms in total. The zero-order valence-electron chi connectivity index (χ0n) is 14.5. The molecule has 26 heavy (non-hydrogen) atoms. The van der Waals surface area contributed by atoms with Crippen LogP contribution >= 0.6 is 0 Å². The van der Waals surface area contributed by atoms with E-state index in [9.17, 15) is 0 Å². The highest BCUT2D eigenvalue weighted by atomic mass is 16.5. The number of anilines is 3. The van der Waals surface area contributed by atoms with Gasteiger partial charge in [-0.3, -0.25) is 0 Å². The number of rotatable bonds is 6. The highest BCUT2D eigenvalue weighted by Crippen LogP contribution is 2.24. The van der Waals surface area contributed by atoms with Gasteiger partial charge in [0.05, 0.1) is 6.04 Å². The van der Waals surface area contributed by atoms with E-state index in [2.05, 4.69) is 25.2 Å². The maximum atomic E-state index is 5.94. The van der Waals surface area contributed by atoms with Crippen LogP contribution in [0.15, 0.2) is 67.0 Å². The molecule has 1 aliphatic rings. The number of hydrogen-bond acceptors (Lipinski definition) is 6. The topological polar surface area (TPSA) is 63.2 Å². The first kappa shape index (κ1) is 16.3. The molecule has 1 aliphatic heterocycles. The summed E-state index contributed by atoms with van der Waals surface area (Å²) in [6.45, 7) is 1.55. The second kappa shape index (κ2) is 7.82. The van der Waals surface area contributed by atoms with E-state index < -0.39 is 0 Å². The molecular formula is C20H21N5O. The van der Waals surface area contributed by atoms with Gasteiger partial charge < -0.3 is 15.0 Å². The molecule has 1 N–H and O–H groups in total. The van der Waals surface area contributed by atoms with Crippen molar-refractivity contribution < 1.29 is 4.74 Å². The fraction of sp³-hybridized carbons (Fsp3) is 0.250. The van der Waals surface area contributed by atoms with Gasteiger partial charge in [-0.2, -0.15) is 4.98 Å². The van der Waals surface area contributed by atoms with Gasteiger partial charge in [-0.25, -0.2) is 9.97 Å². The van der Waals surface area contributed by atoms with Crippen LogP contribution < -0.4 is 15.0 Å². The molecule has 0 amide bonds. The van der Waals surface area contributed by atoms with Crippen molar-refractivity contribution in [3.05, 3.63) is 67.0 Å². The molecule has 132 valence electrons. The standard InChI is InChI=1S/C20H21N5O/c1-3-8-16(9-4-1)23-19-21-15-22-20(24-19)25-13-7-10-17(25)14-26-18-11-5-2-6-12-18/h1-6,8-9,11-12,15,17H,7,10,13-14H2,(H,21,22,23,24)/t17-/m1/s1. The summed E-state index contributed by atoms with van der Waals surface area (Å²) >= 11 is 0. The Labute approximate surface area is 152 Å². The van der Waals surface area contributed by atoms with Crippen LogP contribution in [0.4, 0.5) is 17.6 Å². The Morgan fingerprint density at radius 2 is 1.77 bits per heavy atom. The normalized spacial score (nSPS) is 16.5. The minimum atomic E-state index is 0.266. The van der Waals surface area contributed by atoms with Gasteiger partial charge >= 0.3 is 0 Å². The predicted octanol–water partition coefficient (Wildman–Crippen LogP) is 3.66. The summed E-state index contributed by atoms with van der Waals surface area (Å²) < 4.78 is 5.94. The summed E-state index contributed by atoms with van der Waals surface area (Å²) in [7, 11) is 0. The molecule has 0 spiro atoms. The van der Waals surface area contributed by atoms with E-state index in [0.717, 1.165) is 30.8 Å². The molecule has 6 heteroatoms. The second-order valence-electron chi connectivity index (χ2n) is 6.21. The SMILES string of the molecule is c1ccc(Nc2ncnc(N3CCC[C@@H]3COc3ccccc3)n2)cc1. The van der Waals surface area contributed by atoms with E-state index in [1.165, 1.54) is 0 Å². The van der Waals surface area contributed by atoms with Crippen molar-refractivity contribution in [1.29, 1.82) is 0 Å². The Bertz CT molecular complexity index is 828. The maximum absolute atomic E-state index is 5.94. The zero-order valence-corrected chi connectivity index (χ0v) is 14.5. The maximum Gasteiger partial charge on any atom is 0.231 e. The Morgan fingerprint density at radius 3 is 2.58 bits per heavy atom. The quantitative estimate of drug-likeness (QED) is 0.734. The van der Waals surface area contributed by atoms with Crippen molar-refractivity contribution >= 4 is 17.6 Å². The second-order valence-corrected chi connectivity index (χ2v) is 6.21. The summed E-state index contributed by atoms with van der Waals surface area (Å²) in [6, 6.07) is 20.1. The number of aromatic nitrogens is 3. The number of nitrogens with zero attached hydrogens (tertiary/aromatic N) is 4. The molecule has 0 bridgehead atoms. The van der Waals surface area contributed by atoms with Gasteiger partial charge in [0.1, 0.15) is 18.7 Å². The lowest BCUT2D eigenvalue weighted by Gasteiger charge is -2.24. The monoisotopic (exact) mass is 347 g/mol. The lowest BCUT2D eigenvalue weighted by atomic mass is 10.2. The Kier molecular flexibility index (Phi) is 4.91. The lowest BCUT2D eigenvalue weighted by Crippen LogP contribution is -2.35. The summed E-state index contributed by atoms with van der Waals surface area (Å²) in [5, 5.41) is 3.22. The summed E-state index contributed by atoms with van der Waals surface area (Å²) in [5.74, 6) is 2.13. The van der Waals surface area contributed by atoms with Crippen molar-refractivity contribution in [2.45, 2.75) is 18.9 Å². The molecule has 2 aromatic carbocycles. The highest BCUT2D eigenvalue weighted by molar-refractivity contribution is 5.53. The lowest BCUT2D eigenvalue weighted by molar-refractivity contribution is 0.288. The van der Waals surface area contributed by atoms with E-state index in [1.807, 2.05) is 60.7 Å². The Morgan fingerprint density at radius 1 is 1.00 bits per heavy atom. The van der Waals surface area contributed by atoms with Crippen LogP contribution in [0.5, 0.6) is 5.75 Å². The average molecular weight is 347 g/mol. The van der Waals surface area contributed by atoms with Crippen molar-refractivity contribution in [3.63, 3.8) is 0 Å². The molecule has 0 radical (unpaired) electrons. The van der Waals surface area contributed by atoms with E-state index in [-0.39, 0.29) is 6.04 Å². The van der Waals surface area contributed by atoms with Gasteiger partial charge in [0.2, 0.25) is 11.9 Å². The highest BCUT2D eigenvalue weighted by Gasteiger charge is 2.27. The fourth-order valence-electron chi connectivity index (χ4n) is 3.12. The molecule has 1 saturated heterocycles. The van der Waals surface area contributed by atoms with Gasteiger partial charge in [0.15, 0.2) is 0 Å². The van der Waals surface area contributed by atoms with Crippen LogP contribution in [0.25, 0.3) is 0 Å². The minimum absolute atomic E-state index is 0.266. The third kappa shape index (κ3) is 3.91. The smallest absolute Gasteiger partial charge is 0.231 e. The van der Waals surface area contributed by atoms with E-state index in [1.54, 1.807) is 6.33 Å². The zero-order chi connectivity index (χ0) is 17.6. The van der Waals surface area contributed by atoms with Crippen molar-refractivity contribution in [3.8, 4) is 5.75 Å². The van der Waals surface area contributed by atoms with Gasteiger partial charge in [-0.1, -0.05) is 36.4 Å². The molecule has 1 atom stereocenters. The van der Waals surface area contributed by atoms with Crippen LogP contribution in [0.2, 0.25) is 0 Å². The average Bonchev–Trinajstić information content (AvgIpc) is 3.17. The van der Waals surface area contributed by atoms with Crippen LogP contribution in [0, 0.1) is 0 Å². The molecule has 2 heterocycles. The van der Waals surface area contributed by atoms with Crippen LogP contribution in [-0.4, -0.2) is 34.1 Å². The van der Waals surface area contributed by atoms with E-state index in [4.69, 9.17) is 4.74 Å². The van der Waals surface area contributed by atoms with Gasteiger partial charge in [0.25, 0.3) is 0 Å². The molecule has 4 rings (SSSR count). The minimum Gasteiger partial charge on any atom is -0.491 e. The van der Waals surface area contributed by atoms with Crippen LogP contribution in [0.3, 0.4) is 0 Å². The molecule has 1 fully saturated rings. The largest absolute Gasteiger partial charge is 0.491 e. The molecule has 0 unspecified atom stereocenters. The van der Waals surface area contributed by atoms with E-state index in [0.29, 0.717) is 18.5 Å². The van der Waals surface area contributed by atoms with Crippen molar-refractivity contribution in [2.75, 3.05) is 23.4 Å². The first-order chi connectivity index (χ1) is 12.9. The molecular weight excluding hydrogens is 326 g/mol. The van der Waals surface area contributed by atoms with Crippen molar-refractivity contribution in [1.82, 2.24) is 15.0 Å². The third-order valence-electron chi connectivity index (χ3n) is 4.41. The number of hydrogen-bond donors (Lipinski definition) is 1. The summed E-state index contributed by atoms with van der Waals surface area (Å²) in [5.41, 5.74) is 0.954. The predicted molar refractivity (Wildman–Crippen MR) is 102 cm³/mol. The Hall–Kier alpha value is -3.15. The first-order valence-corrected chi connectivity index (χ1v) is 8.84. The molecule has 3 aromatic rings. The molecule has 1 aromatic heterocycles. The molecule has 0 saturated carbocycles.